The van der Waals surface area contributed by atoms with E-state index in [2.05, 4.69) is 10.9 Å². The van der Waals surface area contributed by atoms with Crippen LogP contribution in [0.25, 0.3) is 0 Å². The standard InChI is InChI=1S/C17H14ClNO2/c1-3-10-21-17-9-4-13(11-16(17)18)12-19-14-5-7-15(20-2)8-6-14/h1,4-9,11-12H,10H2,2H3. The van der Waals surface area contributed by atoms with Crippen molar-refractivity contribution >= 4 is 23.5 Å². The molecule has 0 aliphatic rings. The molecule has 3 nitrogen and oxygen atoms in total. The van der Waals surface area contributed by atoms with E-state index in [0.29, 0.717) is 10.8 Å². The number of halogens is 1. The number of hydrogen-bond donors (Lipinski definition) is 0. The first-order valence-electron chi connectivity index (χ1n) is 6.27. The Bertz CT molecular complexity index is 672. The van der Waals surface area contributed by atoms with Crippen LogP contribution < -0.4 is 9.47 Å². The molecule has 0 N–H and O–H groups in total. The zero-order valence-electron chi connectivity index (χ0n) is 11.5. The minimum Gasteiger partial charge on any atom is -0.497 e. The van der Waals surface area contributed by atoms with Gasteiger partial charge in [0.15, 0.2) is 0 Å². The smallest absolute Gasteiger partial charge is 0.148 e. The monoisotopic (exact) mass is 299 g/mol. The fourth-order valence-electron chi connectivity index (χ4n) is 1.65. The van der Waals surface area contributed by atoms with Gasteiger partial charge in [-0.1, -0.05) is 17.5 Å². The van der Waals surface area contributed by atoms with Gasteiger partial charge >= 0.3 is 0 Å². The zero-order valence-corrected chi connectivity index (χ0v) is 12.3. The van der Waals surface area contributed by atoms with Crippen LogP contribution in [0.1, 0.15) is 5.56 Å². The van der Waals surface area contributed by atoms with Crippen molar-refractivity contribution in [2.24, 2.45) is 4.99 Å². The number of hydrogen-bond acceptors (Lipinski definition) is 3. The van der Waals surface area contributed by atoms with Gasteiger partial charge in [0.2, 0.25) is 0 Å². The first-order chi connectivity index (χ1) is 10.2. The molecule has 106 valence electrons. The van der Waals surface area contributed by atoms with E-state index in [1.165, 1.54) is 0 Å². The molecule has 4 heteroatoms. The van der Waals surface area contributed by atoms with Crippen LogP contribution in [-0.4, -0.2) is 19.9 Å². The molecule has 21 heavy (non-hydrogen) atoms. The van der Waals surface area contributed by atoms with E-state index >= 15 is 0 Å². The van der Waals surface area contributed by atoms with E-state index in [0.717, 1.165) is 17.0 Å². The maximum atomic E-state index is 6.11. The lowest BCUT2D eigenvalue weighted by Crippen LogP contribution is -1.94. The van der Waals surface area contributed by atoms with Crippen LogP contribution in [0, 0.1) is 12.3 Å². The summed E-state index contributed by atoms with van der Waals surface area (Å²) in [4.78, 5) is 4.37. The molecule has 0 unspecified atom stereocenters. The van der Waals surface area contributed by atoms with Gasteiger partial charge in [0.1, 0.15) is 18.1 Å². The molecular formula is C17H14ClNO2. The van der Waals surface area contributed by atoms with Crippen LogP contribution in [0.4, 0.5) is 5.69 Å². The lowest BCUT2D eigenvalue weighted by Gasteiger charge is -2.05. The molecule has 0 radical (unpaired) electrons. The lowest BCUT2D eigenvalue weighted by molar-refractivity contribution is 0.370. The third-order valence-electron chi connectivity index (χ3n) is 2.70. The predicted molar refractivity (Wildman–Crippen MR) is 86.0 cm³/mol. The average Bonchev–Trinajstić information content (AvgIpc) is 2.52. The van der Waals surface area contributed by atoms with Crippen LogP contribution in [-0.2, 0) is 0 Å². The summed E-state index contributed by atoms with van der Waals surface area (Å²) in [5.41, 5.74) is 1.71. The molecule has 0 amide bonds. The molecule has 0 fully saturated rings. The number of methoxy groups -OCH3 is 1. The first-order valence-corrected chi connectivity index (χ1v) is 6.64. The topological polar surface area (TPSA) is 30.8 Å². The van der Waals surface area contributed by atoms with Gasteiger partial charge in [-0.25, -0.2) is 0 Å². The molecular weight excluding hydrogens is 286 g/mol. The molecule has 2 aromatic carbocycles. The summed E-state index contributed by atoms with van der Waals surface area (Å²) in [5.74, 6) is 3.76. The van der Waals surface area contributed by atoms with Gasteiger partial charge in [-0.3, -0.25) is 4.99 Å². The van der Waals surface area contributed by atoms with Crippen molar-refractivity contribution in [3.05, 3.63) is 53.1 Å². The Morgan fingerprint density at radius 1 is 1.24 bits per heavy atom. The summed E-state index contributed by atoms with van der Waals surface area (Å²) in [7, 11) is 1.63. The van der Waals surface area contributed by atoms with E-state index in [-0.39, 0.29) is 6.61 Å². The summed E-state index contributed by atoms with van der Waals surface area (Å²) < 4.78 is 10.4. The summed E-state index contributed by atoms with van der Waals surface area (Å²) in [6.07, 6.45) is 6.88. The van der Waals surface area contributed by atoms with Gasteiger partial charge in [-0.15, -0.1) is 6.42 Å². The highest BCUT2D eigenvalue weighted by atomic mass is 35.5. The Labute approximate surface area is 129 Å². The second kappa shape index (κ2) is 7.37. The zero-order chi connectivity index (χ0) is 15.1. The maximum Gasteiger partial charge on any atom is 0.148 e. The van der Waals surface area contributed by atoms with Crippen molar-refractivity contribution in [2.75, 3.05) is 13.7 Å². The van der Waals surface area contributed by atoms with Crippen molar-refractivity contribution in [3.63, 3.8) is 0 Å². The highest BCUT2D eigenvalue weighted by Gasteiger charge is 2.01. The minimum atomic E-state index is 0.193. The Morgan fingerprint density at radius 3 is 2.62 bits per heavy atom. The number of terminal acetylenes is 1. The molecule has 0 saturated heterocycles. The molecule has 0 bridgehead atoms. The largest absolute Gasteiger partial charge is 0.497 e. The Morgan fingerprint density at radius 2 is 2.00 bits per heavy atom. The molecule has 0 aliphatic heterocycles. The van der Waals surface area contributed by atoms with Gasteiger partial charge in [-0.05, 0) is 48.0 Å². The van der Waals surface area contributed by atoms with Crippen molar-refractivity contribution in [3.8, 4) is 23.8 Å². The SMILES string of the molecule is C#CCOc1ccc(C=Nc2ccc(OC)cc2)cc1Cl. The normalized spacial score (nSPS) is 10.3. The highest BCUT2D eigenvalue weighted by molar-refractivity contribution is 6.32. The lowest BCUT2D eigenvalue weighted by atomic mass is 10.2. The molecule has 0 aromatic heterocycles. The van der Waals surface area contributed by atoms with Crippen molar-refractivity contribution < 1.29 is 9.47 Å². The second-order valence-corrected chi connectivity index (χ2v) is 4.55. The third kappa shape index (κ3) is 4.27. The first kappa shape index (κ1) is 15.0. The van der Waals surface area contributed by atoms with Crippen molar-refractivity contribution in [1.82, 2.24) is 0 Å². The van der Waals surface area contributed by atoms with Gasteiger partial charge in [0, 0.05) is 6.21 Å². The number of nitrogens with zero attached hydrogens (tertiary/aromatic N) is 1. The molecule has 0 heterocycles. The molecule has 2 aromatic rings. The van der Waals surface area contributed by atoms with Crippen LogP contribution >= 0.6 is 11.6 Å². The van der Waals surface area contributed by atoms with Crippen LogP contribution in [0.15, 0.2) is 47.5 Å². The van der Waals surface area contributed by atoms with Crippen molar-refractivity contribution in [2.45, 2.75) is 0 Å². The van der Waals surface area contributed by atoms with E-state index in [9.17, 15) is 0 Å². The van der Waals surface area contributed by atoms with Gasteiger partial charge in [-0.2, -0.15) is 0 Å². The fraction of sp³-hybridized carbons (Fsp3) is 0.118. The van der Waals surface area contributed by atoms with E-state index in [4.69, 9.17) is 27.5 Å². The molecule has 0 aliphatic carbocycles. The third-order valence-corrected chi connectivity index (χ3v) is 3.00. The number of rotatable bonds is 5. The average molecular weight is 300 g/mol. The quantitative estimate of drug-likeness (QED) is 0.614. The van der Waals surface area contributed by atoms with Crippen LogP contribution in [0.2, 0.25) is 5.02 Å². The summed E-state index contributed by atoms with van der Waals surface area (Å²) >= 11 is 6.11. The number of benzene rings is 2. The summed E-state index contributed by atoms with van der Waals surface area (Å²) in [6.45, 7) is 0.193. The van der Waals surface area contributed by atoms with E-state index < -0.39 is 0 Å². The molecule has 0 atom stereocenters. The fourth-order valence-corrected chi connectivity index (χ4v) is 1.89. The van der Waals surface area contributed by atoms with Crippen LogP contribution in [0.3, 0.4) is 0 Å². The summed E-state index contributed by atoms with van der Waals surface area (Å²) in [5, 5.41) is 0.504. The van der Waals surface area contributed by atoms with Gasteiger partial charge in [0.05, 0.1) is 17.8 Å². The maximum absolute atomic E-state index is 6.11. The van der Waals surface area contributed by atoms with Gasteiger partial charge < -0.3 is 9.47 Å². The Balaban J connectivity index is 2.10. The van der Waals surface area contributed by atoms with Crippen molar-refractivity contribution in [1.29, 1.82) is 0 Å². The molecule has 2 rings (SSSR count). The number of ether oxygens (including phenoxy) is 2. The molecule has 0 spiro atoms. The number of aliphatic imine (C=N–C) groups is 1. The Kier molecular flexibility index (Phi) is 5.25. The molecule has 0 saturated carbocycles. The van der Waals surface area contributed by atoms with E-state index in [1.807, 2.05) is 30.3 Å². The van der Waals surface area contributed by atoms with Crippen LogP contribution in [0.5, 0.6) is 11.5 Å². The second-order valence-electron chi connectivity index (χ2n) is 4.14. The highest BCUT2D eigenvalue weighted by Crippen LogP contribution is 2.25. The minimum absolute atomic E-state index is 0.193. The predicted octanol–water partition coefficient (Wildman–Crippen LogP) is 4.11. The van der Waals surface area contributed by atoms with Gasteiger partial charge in [0.25, 0.3) is 0 Å². The Hall–Kier alpha value is -2.44. The van der Waals surface area contributed by atoms with E-state index in [1.54, 1.807) is 25.5 Å². The summed E-state index contributed by atoms with van der Waals surface area (Å²) in [6, 6.07) is 12.9.